The number of hydrogen-bond acceptors (Lipinski definition) is 4. The molecule has 1 unspecified atom stereocenters. The van der Waals surface area contributed by atoms with Gasteiger partial charge in [-0.1, -0.05) is 6.07 Å². The van der Waals surface area contributed by atoms with Gasteiger partial charge in [-0.25, -0.2) is 0 Å². The quantitative estimate of drug-likeness (QED) is 0.391. The number of primary amides is 1. The average molecular weight is 377 g/mol. The highest BCUT2D eigenvalue weighted by Gasteiger charge is 2.23. The van der Waals surface area contributed by atoms with Crippen molar-refractivity contribution in [3.63, 3.8) is 0 Å². The molecule has 7 nitrogen and oxygen atoms in total. The first-order valence-electron chi connectivity index (χ1n) is 9.70. The summed E-state index contributed by atoms with van der Waals surface area (Å²) in [6.07, 6.45) is 3.38. The second-order valence-corrected chi connectivity index (χ2v) is 6.74. The van der Waals surface area contributed by atoms with Crippen LogP contribution >= 0.6 is 0 Å². The van der Waals surface area contributed by atoms with E-state index in [1.807, 2.05) is 24.3 Å². The first-order chi connectivity index (χ1) is 13.1. The van der Waals surface area contributed by atoms with E-state index in [0.717, 1.165) is 56.4 Å². The Morgan fingerprint density at radius 2 is 2.22 bits per heavy atom. The average Bonchev–Trinajstić information content (AvgIpc) is 2.67. The maximum atomic E-state index is 11.2. The highest BCUT2D eigenvalue weighted by Crippen LogP contribution is 2.20. The number of nitrogens with two attached hydrogens (primary N) is 1. The summed E-state index contributed by atoms with van der Waals surface area (Å²) in [5.74, 6) is 2.59. The topological polar surface area (TPSA) is 89.2 Å². The molecule has 0 spiro atoms. The van der Waals surface area contributed by atoms with Gasteiger partial charge in [0.1, 0.15) is 11.5 Å². The van der Waals surface area contributed by atoms with Gasteiger partial charge in [-0.05, 0) is 37.8 Å². The van der Waals surface area contributed by atoms with Gasteiger partial charge >= 0.3 is 0 Å². The van der Waals surface area contributed by atoms with Crippen LogP contribution < -0.4 is 20.5 Å². The van der Waals surface area contributed by atoms with Crippen LogP contribution in [-0.2, 0) is 4.79 Å². The van der Waals surface area contributed by atoms with Gasteiger partial charge in [0, 0.05) is 45.1 Å². The fraction of sp³-hybridized carbons (Fsp3) is 0.600. The maximum Gasteiger partial charge on any atom is 0.217 e. The highest BCUT2D eigenvalue weighted by molar-refractivity contribution is 5.80. The van der Waals surface area contributed by atoms with Crippen molar-refractivity contribution in [2.45, 2.75) is 32.6 Å². The Balaban J connectivity index is 1.81. The van der Waals surface area contributed by atoms with Crippen LogP contribution in [0.4, 0.5) is 0 Å². The molecule has 1 amide bonds. The maximum absolute atomic E-state index is 11.2. The van der Waals surface area contributed by atoms with Crippen LogP contribution in [0.15, 0.2) is 29.3 Å². The summed E-state index contributed by atoms with van der Waals surface area (Å²) in [7, 11) is 1.64. The Bertz CT molecular complexity index is 621. The van der Waals surface area contributed by atoms with Crippen LogP contribution in [0, 0.1) is 5.92 Å². The zero-order valence-corrected chi connectivity index (χ0v) is 16.4. The summed E-state index contributed by atoms with van der Waals surface area (Å²) in [5.41, 5.74) is 5.36. The second-order valence-electron chi connectivity index (χ2n) is 6.74. The minimum atomic E-state index is -0.224. The Morgan fingerprint density at radius 3 is 2.96 bits per heavy atom. The summed E-state index contributed by atoms with van der Waals surface area (Å²) in [5, 5.41) is 3.35. The zero-order chi connectivity index (χ0) is 19.5. The van der Waals surface area contributed by atoms with Crippen LogP contribution in [0.25, 0.3) is 0 Å². The van der Waals surface area contributed by atoms with Gasteiger partial charge < -0.3 is 25.4 Å². The van der Waals surface area contributed by atoms with Gasteiger partial charge in [-0.3, -0.25) is 9.79 Å². The van der Waals surface area contributed by atoms with Crippen molar-refractivity contribution < 1.29 is 14.3 Å². The normalized spacial score (nSPS) is 17.5. The van der Waals surface area contributed by atoms with E-state index in [9.17, 15) is 4.79 Å². The Morgan fingerprint density at radius 1 is 1.41 bits per heavy atom. The largest absolute Gasteiger partial charge is 0.497 e. The number of likely N-dealkylation sites (tertiary alicyclic amines) is 1. The van der Waals surface area contributed by atoms with Gasteiger partial charge in [0.05, 0.1) is 13.7 Å². The Labute approximate surface area is 161 Å². The molecule has 0 aromatic heterocycles. The molecule has 1 fully saturated rings. The number of carbonyl (C=O) groups is 1. The molecule has 0 bridgehead atoms. The summed E-state index contributed by atoms with van der Waals surface area (Å²) in [6.45, 7) is 5.95. The van der Waals surface area contributed by atoms with Crippen LogP contribution in [0.2, 0.25) is 0 Å². The highest BCUT2D eigenvalue weighted by atomic mass is 16.5. The standard InChI is InChI=1S/C20H32N4O3/c1-3-22-20(24-11-5-7-16(15-24)13-19(21)25)23-10-6-12-27-18-9-4-8-17(14-18)26-2/h4,8-9,14,16H,3,5-7,10-13,15H2,1-2H3,(H2,21,25)(H,22,23). The molecule has 1 aliphatic rings. The molecule has 1 aromatic carbocycles. The fourth-order valence-corrected chi connectivity index (χ4v) is 3.26. The van der Waals surface area contributed by atoms with E-state index in [-0.39, 0.29) is 5.91 Å². The first kappa shape index (κ1) is 20.9. The fourth-order valence-electron chi connectivity index (χ4n) is 3.26. The first-order valence-corrected chi connectivity index (χ1v) is 9.70. The number of amides is 1. The molecule has 1 aliphatic heterocycles. The molecule has 0 radical (unpaired) electrons. The van der Waals surface area contributed by atoms with Crippen molar-refractivity contribution >= 4 is 11.9 Å². The molecule has 0 aliphatic carbocycles. The molecule has 1 atom stereocenters. The van der Waals surface area contributed by atoms with E-state index in [0.29, 0.717) is 25.5 Å². The van der Waals surface area contributed by atoms with Crippen molar-refractivity contribution in [1.82, 2.24) is 10.2 Å². The van der Waals surface area contributed by atoms with Gasteiger partial charge in [0.25, 0.3) is 0 Å². The molecular formula is C20H32N4O3. The number of hydrogen-bond donors (Lipinski definition) is 2. The molecule has 1 saturated heterocycles. The molecular weight excluding hydrogens is 344 g/mol. The van der Waals surface area contributed by atoms with Crippen molar-refractivity contribution in [3.8, 4) is 11.5 Å². The summed E-state index contributed by atoms with van der Waals surface area (Å²) >= 11 is 0. The number of ether oxygens (including phenoxy) is 2. The van der Waals surface area contributed by atoms with Gasteiger partial charge in [-0.2, -0.15) is 0 Å². The molecule has 0 saturated carbocycles. The number of nitrogens with zero attached hydrogens (tertiary/aromatic N) is 2. The third kappa shape index (κ3) is 7.37. The molecule has 3 N–H and O–H groups in total. The monoisotopic (exact) mass is 376 g/mol. The van der Waals surface area contributed by atoms with E-state index < -0.39 is 0 Å². The smallest absolute Gasteiger partial charge is 0.217 e. The number of methoxy groups -OCH3 is 1. The Hall–Kier alpha value is -2.44. The van der Waals surface area contributed by atoms with E-state index >= 15 is 0 Å². The lowest BCUT2D eigenvalue weighted by Crippen LogP contribution is -2.47. The van der Waals surface area contributed by atoms with Crippen molar-refractivity contribution in [2.24, 2.45) is 16.6 Å². The van der Waals surface area contributed by atoms with E-state index in [4.69, 9.17) is 20.2 Å². The predicted octanol–water partition coefficient (Wildman–Crippen LogP) is 2.02. The number of benzene rings is 1. The van der Waals surface area contributed by atoms with Crippen molar-refractivity contribution in [2.75, 3.05) is 39.9 Å². The third-order valence-electron chi connectivity index (χ3n) is 4.52. The summed E-state index contributed by atoms with van der Waals surface area (Å²) in [6, 6.07) is 7.60. The van der Waals surface area contributed by atoms with Crippen LogP contribution in [0.1, 0.15) is 32.6 Å². The van der Waals surface area contributed by atoms with Gasteiger partial charge in [0.15, 0.2) is 5.96 Å². The van der Waals surface area contributed by atoms with Crippen LogP contribution in [0.3, 0.4) is 0 Å². The lowest BCUT2D eigenvalue weighted by atomic mass is 9.95. The van der Waals surface area contributed by atoms with Crippen LogP contribution in [0.5, 0.6) is 11.5 Å². The van der Waals surface area contributed by atoms with E-state index in [2.05, 4.69) is 17.1 Å². The SMILES string of the molecule is CCNC(=NCCCOc1cccc(OC)c1)N1CCCC(CC(N)=O)C1. The van der Waals surface area contributed by atoms with Gasteiger partial charge in [0.2, 0.25) is 5.91 Å². The van der Waals surface area contributed by atoms with Gasteiger partial charge in [-0.15, -0.1) is 0 Å². The van der Waals surface area contributed by atoms with E-state index in [1.54, 1.807) is 7.11 Å². The molecule has 2 rings (SSSR count). The van der Waals surface area contributed by atoms with E-state index in [1.165, 1.54) is 0 Å². The summed E-state index contributed by atoms with van der Waals surface area (Å²) in [4.78, 5) is 18.2. The third-order valence-corrected chi connectivity index (χ3v) is 4.52. The lowest BCUT2D eigenvalue weighted by Gasteiger charge is -2.34. The number of carbonyl (C=O) groups excluding carboxylic acids is 1. The number of piperidine rings is 1. The number of guanidine groups is 1. The summed E-state index contributed by atoms with van der Waals surface area (Å²) < 4.78 is 11.0. The minimum Gasteiger partial charge on any atom is -0.497 e. The Kier molecular flexibility index (Phi) is 8.74. The molecule has 27 heavy (non-hydrogen) atoms. The number of aliphatic imine (C=N–C) groups is 1. The van der Waals surface area contributed by atoms with Crippen molar-refractivity contribution in [3.05, 3.63) is 24.3 Å². The molecule has 1 aromatic rings. The van der Waals surface area contributed by atoms with Crippen LogP contribution in [-0.4, -0.2) is 56.7 Å². The number of rotatable bonds is 9. The zero-order valence-electron chi connectivity index (χ0n) is 16.4. The number of nitrogens with one attached hydrogen (secondary N) is 1. The predicted molar refractivity (Wildman–Crippen MR) is 107 cm³/mol. The molecule has 1 heterocycles. The minimum absolute atomic E-state index is 0.224. The second kappa shape index (κ2) is 11.3. The molecule has 7 heteroatoms. The molecule has 150 valence electrons. The van der Waals surface area contributed by atoms with Crippen molar-refractivity contribution in [1.29, 1.82) is 0 Å². The lowest BCUT2D eigenvalue weighted by molar-refractivity contribution is -0.119.